The van der Waals surface area contributed by atoms with E-state index in [9.17, 15) is 20.2 Å². The maximum Gasteiger partial charge on any atom is 0.289 e. The van der Waals surface area contributed by atoms with Crippen molar-refractivity contribution in [1.82, 2.24) is 5.16 Å². The number of benzene rings is 1. The number of nitro groups is 2. The van der Waals surface area contributed by atoms with Crippen molar-refractivity contribution in [2.24, 2.45) is 5.16 Å². The number of hydrogen-bond donors (Lipinski definition) is 0. The molecule has 1 aromatic carbocycles. The molecule has 0 unspecified atom stereocenters. The monoisotopic (exact) mass is 266 g/mol. The first-order valence-electron chi connectivity index (χ1n) is 4.83. The third kappa shape index (κ3) is 2.18. The molecule has 19 heavy (non-hydrogen) atoms. The summed E-state index contributed by atoms with van der Waals surface area (Å²) in [5.74, 6) is 0. The van der Waals surface area contributed by atoms with E-state index in [1.165, 1.54) is 7.11 Å². The Balaban J connectivity index is 2.75. The number of nitro benzene ring substituents is 2. The number of aromatic nitrogens is 1. The first-order valence-corrected chi connectivity index (χ1v) is 4.83. The van der Waals surface area contributed by atoms with Gasteiger partial charge in [-0.25, -0.2) is 0 Å². The van der Waals surface area contributed by atoms with Crippen molar-refractivity contribution in [3.05, 3.63) is 38.1 Å². The molecule has 0 atom stereocenters. The van der Waals surface area contributed by atoms with Crippen LogP contribution in [0.25, 0.3) is 11.0 Å². The van der Waals surface area contributed by atoms with Gasteiger partial charge in [0.05, 0.1) is 28.2 Å². The zero-order valence-corrected chi connectivity index (χ0v) is 9.47. The van der Waals surface area contributed by atoms with Crippen LogP contribution in [0.4, 0.5) is 11.4 Å². The number of nitrogens with zero attached hydrogens (tertiary/aromatic N) is 4. The van der Waals surface area contributed by atoms with E-state index >= 15 is 0 Å². The summed E-state index contributed by atoms with van der Waals surface area (Å²) in [6.45, 7) is 0. The zero-order valence-electron chi connectivity index (χ0n) is 9.47. The van der Waals surface area contributed by atoms with Crippen molar-refractivity contribution in [1.29, 1.82) is 0 Å². The van der Waals surface area contributed by atoms with Crippen molar-refractivity contribution in [3.8, 4) is 0 Å². The van der Waals surface area contributed by atoms with Crippen LogP contribution in [0, 0.1) is 20.2 Å². The molecule has 0 aliphatic rings. The van der Waals surface area contributed by atoms with Crippen LogP contribution in [0.15, 0.2) is 21.8 Å². The Kier molecular flexibility index (Phi) is 3.06. The van der Waals surface area contributed by atoms with E-state index < -0.39 is 21.2 Å². The molecule has 1 aromatic heterocycles. The standard InChI is InChI=1S/C9H6N4O6/c1-18-10-4-6-9-7(13(16)17)2-5(12(14)15)3-8(9)19-11-6/h2-4H,1H3. The van der Waals surface area contributed by atoms with E-state index in [1.807, 2.05) is 0 Å². The van der Waals surface area contributed by atoms with E-state index in [0.29, 0.717) is 0 Å². The average molecular weight is 266 g/mol. The lowest BCUT2D eigenvalue weighted by molar-refractivity contribution is -0.393. The van der Waals surface area contributed by atoms with Gasteiger partial charge in [0.2, 0.25) is 0 Å². The first-order chi connectivity index (χ1) is 9.04. The van der Waals surface area contributed by atoms with Crippen LogP contribution >= 0.6 is 0 Å². The van der Waals surface area contributed by atoms with E-state index in [-0.39, 0.29) is 16.7 Å². The highest BCUT2D eigenvalue weighted by molar-refractivity contribution is 6.01. The summed E-state index contributed by atoms with van der Waals surface area (Å²) in [5, 5.41) is 28.6. The molecule has 10 heteroatoms. The largest absolute Gasteiger partial charge is 0.399 e. The topological polar surface area (TPSA) is 134 Å². The molecule has 98 valence electrons. The Morgan fingerprint density at radius 2 is 2.11 bits per heavy atom. The lowest BCUT2D eigenvalue weighted by Crippen LogP contribution is -1.94. The minimum Gasteiger partial charge on any atom is -0.399 e. The molecule has 0 bridgehead atoms. The van der Waals surface area contributed by atoms with Gasteiger partial charge in [0.1, 0.15) is 18.2 Å². The van der Waals surface area contributed by atoms with Gasteiger partial charge in [-0.2, -0.15) is 0 Å². The fourth-order valence-electron chi connectivity index (χ4n) is 1.50. The summed E-state index contributed by atoms with van der Waals surface area (Å²) in [6.07, 6.45) is 1.12. The second kappa shape index (κ2) is 4.68. The fourth-order valence-corrected chi connectivity index (χ4v) is 1.50. The van der Waals surface area contributed by atoms with Crippen molar-refractivity contribution >= 4 is 28.6 Å². The molecule has 0 fully saturated rings. The third-order valence-corrected chi connectivity index (χ3v) is 2.25. The van der Waals surface area contributed by atoms with Gasteiger partial charge >= 0.3 is 0 Å². The minimum absolute atomic E-state index is 0.0244. The van der Waals surface area contributed by atoms with Crippen LogP contribution in [0.1, 0.15) is 5.69 Å². The summed E-state index contributed by atoms with van der Waals surface area (Å²) in [4.78, 5) is 24.6. The molecule has 1 heterocycles. The average Bonchev–Trinajstić information content (AvgIpc) is 2.77. The summed E-state index contributed by atoms with van der Waals surface area (Å²) >= 11 is 0. The van der Waals surface area contributed by atoms with Crippen molar-refractivity contribution in [2.75, 3.05) is 7.11 Å². The van der Waals surface area contributed by atoms with Gasteiger partial charge < -0.3 is 9.36 Å². The smallest absolute Gasteiger partial charge is 0.289 e. The molecule has 0 spiro atoms. The van der Waals surface area contributed by atoms with Gasteiger partial charge in [-0.1, -0.05) is 10.3 Å². The summed E-state index contributed by atoms with van der Waals surface area (Å²) in [5.41, 5.74) is -0.953. The minimum atomic E-state index is -0.753. The highest BCUT2D eigenvalue weighted by Gasteiger charge is 2.25. The second-order valence-corrected chi connectivity index (χ2v) is 3.34. The van der Waals surface area contributed by atoms with E-state index in [2.05, 4.69) is 15.1 Å². The van der Waals surface area contributed by atoms with Crippen LogP contribution in [-0.2, 0) is 4.84 Å². The van der Waals surface area contributed by atoms with Gasteiger partial charge in [-0.3, -0.25) is 20.2 Å². The lowest BCUT2D eigenvalue weighted by atomic mass is 10.1. The molecule has 0 N–H and O–H groups in total. The summed E-state index contributed by atoms with van der Waals surface area (Å²) < 4.78 is 4.82. The zero-order chi connectivity index (χ0) is 14.0. The normalized spacial score (nSPS) is 11.0. The Morgan fingerprint density at radius 3 is 2.68 bits per heavy atom. The maximum atomic E-state index is 11.0. The molecule has 2 rings (SSSR count). The molecular weight excluding hydrogens is 260 g/mol. The number of fused-ring (bicyclic) bond motifs is 1. The predicted molar refractivity (Wildman–Crippen MR) is 61.9 cm³/mol. The van der Waals surface area contributed by atoms with Gasteiger partial charge in [-0.05, 0) is 0 Å². The van der Waals surface area contributed by atoms with Crippen molar-refractivity contribution < 1.29 is 19.2 Å². The van der Waals surface area contributed by atoms with Gasteiger partial charge in [0, 0.05) is 0 Å². The highest BCUT2D eigenvalue weighted by Crippen LogP contribution is 2.32. The molecule has 0 aliphatic heterocycles. The Labute approximate surface area is 104 Å². The summed E-state index contributed by atoms with van der Waals surface area (Å²) in [7, 11) is 1.29. The van der Waals surface area contributed by atoms with Crippen LogP contribution in [0.2, 0.25) is 0 Å². The molecule has 10 nitrogen and oxygen atoms in total. The van der Waals surface area contributed by atoms with E-state index in [0.717, 1.165) is 18.3 Å². The third-order valence-electron chi connectivity index (χ3n) is 2.25. The number of hydrogen-bond acceptors (Lipinski definition) is 8. The summed E-state index contributed by atoms with van der Waals surface area (Å²) in [6, 6.07) is 1.89. The van der Waals surface area contributed by atoms with Crippen LogP contribution in [-0.4, -0.2) is 28.3 Å². The lowest BCUT2D eigenvalue weighted by Gasteiger charge is -1.94. The van der Waals surface area contributed by atoms with Crippen molar-refractivity contribution in [2.45, 2.75) is 0 Å². The molecule has 0 radical (unpaired) electrons. The highest BCUT2D eigenvalue weighted by atomic mass is 16.6. The van der Waals surface area contributed by atoms with Crippen LogP contribution < -0.4 is 0 Å². The van der Waals surface area contributed by atoms with Crippen LogP contribution in [0.3, 0.4) is 0 Å². The number of oxime groups is 1. The van der Waals surface area contributed by atoms with Gasteiger partial charge in [0.25, 0.3) is 11.4 Å². The van der Waals surface area contributed by atoms with E-state index in [4.69, 9.17) is 4.52 Å². The molecule has 2 aromatic rings. The number of rotatable bonds is 4. The Morgan fingerprint density at radius 1 is 1.37 bits per heavy atom. The first kappa shape index (κ1) is 12.4. The predicted octanol–water partition coefficient (Wildman–Crippen LogP) is 1.62. The quantitative estimate of drug-likeness (QED) is 0.466. The molecule has 0 amide bonds. The van der Waals surface area contributed by atoms with E-state index in [1.54, 1.807) is 0 Å². The second-order valence-electron chi connectivity index (χ2n) is 3.34. The van der Waals surface area contributed by atoms with Gasteiger partial charge in [0.15, 0.2) is 5.58 Å². The van der Waals surface area contributed by atoms with Gasteiger partial charge in [-0.15, -0.1) is 0 Å². The van der Waals surface area contributed by atoms with Crippen molar-refractivity contribution in [3.63, 3.8) is 0 Å². The fraction of sp³-hybridized carbons (Fsp3) is 0.111. The molecule has 0 aliphatic carbocycles. The Bertz CT molecular complexity index is 691. The van der Waals surface area contributed by atoms with Crippen LogP contribution in [0.5, 0.6) is 0 Å². The molecule has 0 saturated heterocycles. The molecule has 0 saturated carbocycles. The Hall–Kier alpha value is -3.04. The number of non-ortho nitro benzene ring substituents is 2. The molecular formula is C9H6N4O6. The SMILES string of the molecule is CON=Cc1noc2cc([N+](=O)[O-])cc([N+](=O)[O-])c12. The maximum absolute atomic E-state index is 11.0.